The minimum absolute atomic E-state index is 0.316. The van der Waals surface area contributed by atoms with Gasteiger partial charge in [-0.1, -0.05) is 18.2 Å². The molecular formula is C14H12BrNO2. The molecule has 0 saturated heterocycles. The minimum atomic E-state index is 0.316. The van der Waals surface area contributed by atoms with Gasteiger partial charge < -0.3 is 14.8 Å². The van der Waals surface area contributed by atoms with Crippen LogP contribution in [0, 0.1) is 0 Å². The zero-order valence-electron chi connectivity index (χ0n) is 9.65. The van der Waals surface area contributed by atoms with Gasteiger partial charge in [-0.05, 0) is 45.8 Å². The number of nitrogens with one attached hydrogen (secondary N) is 1. The molecule has 1 N–H and O–H groups in total. The van der Waals surface area contributed by atoms with Crippen molar-refractivity contribution in [2.75, 3.05) is 12.1 Å². The van der Waals surface area contributed by atoms with Gasteiger partial charge in [0.1, 0.15) is 0 Å². The Labute approximate surface area is 114 Å². The lowest BCUT2D eigenvalue weighted by Crippen LogP contribution is -1.99. The SMILES string of the molecule is Brc1ccccc1NCc1ccc2c(c1)OCO2. The zero-order valence-corrected chi connectivity index (χ0v) is 11.2. The predicted octanol–water partition coefficient (Wildman–Crippen LogP) is 3.79. The van der Waals surface area contributed by atoms with E-state index < -0.39 is 0 Å². The number of ether oxygens (including phenoxy) is 2. The summed E-state index contributed by atoms with van der Waals surface area (Å²) in [6.45, 7) is 1.07. The molecule has 0 fully saturated rings. The second-order valence-corrected chi connectivity index (χ2v) is 4.88. The molecule has 0 spiro atoms. The molecule has 1 aliphatic heterocycles. The quantitative estimate of drug-likeness (QED) is 0.936. The van der Waals surface area contributed by atoms with Crippen LogP contribution in [0.1, 0.15) is 5.56 Å². The Hall–Kier alpha value is -1.68. The third-order valence-electron chi connectivity index (χ3n) is 2.79. The van der Waals surface area contributed by atoms with E-state index in [4.69, 9.17) is 9.47 Å². The van der Waals surface area contributed by atoms with Gasteiger partial charge in [-0.2, -0.15) is 0 Å². The van der Waals surface area contributed by atoms with E-state index >= 15 is 0 Å². The lowest BCUT2D eigenvalue weighted by Gasteiger charge is -2.08. The van der Waals surface area contributed by atoms with Crippen LogP contribution in [-0.2, 0) is 6.54 Å². The fourth-order valence-corrected chi connectivity index (χ4v) is 2.28. The highest BCUT2D eigenvalue weighted by Crippen LogP contribution is 2.32. The number of anilines is 1. The van der Waals surface area contributed by atoms with Crippen molar-refractivity contribution in [3.05, 3.63) is 52.5 Å². The minimum Gasteiger partial charge on any atom is -0.454 e. The Morgan fingerprint density at radius 3 is 2.78 bits per heavy atom. The maximum Gasteiger partial charge on any atom is 0.231 e. The van der Waals surface area contributed by atoms with E-state index in [2.05, 4.69) is 21.2 Å². The van der Waals surface area contributed by atoms with Crippen molar-refractivity contribution in [1.29, 1.82) is 0 Å². The van der Waals surface area contributed by atoms with E-state index in [0.717, 1.165) is 33.8 Å². The van der Waals surface area contributed by atoms with Crippen LogP contribution in [0.4, 0.5) is 5.69 Å². The summed E-state index contributed by atoms with van der Waals surface area (Å²) in [6, 6.07) is 14.0. The standard InChI is InChI=1S/C14H12BrNO2/c15-11-3-1-2-4-12(11)16-8-10-5-6-13-14(7-10)18-9-17-13/h1-7,16H,8-9H2. The van der Waals surface area contributed by atoms with Crippen molar-refractivity contribution in [1.82, 2.24) is 0 Å². The lowest BCUT2D eigenvalue weighted by atomic mass is 10.2. The van der Waals surface area contributed by atoms with Gasteiger partial charge in [0.15, 0.2) is 11.5 Å². The van der Waals surface area contributed by atoms with E-state index in [1.54, 1.807) is 0 Å². The lowest BCUT2D eigenvalue weighted by molar-refractivity contribution is 0.174. The molecule has 0 amide bonds. The summed E-state index contributed by atoms with van der Waals surface area (Å²) in [6.07, 6.45) is 0. The molecule has 3 nitrogen and oxygen atoms in total. The fraction of sp³-hybridized carbons (Fsp3) is 0.143. The summed E-state index contributed by atoms with van der Waals surface area (Å²) in [5, 5.41) is 3.38. The van der Waals surface area contributed by atoms with Gasteiger partial charge in [-0.3, -0.25) is 0 Å². The van der Waals surface area contributed by atoms with Crippen LogP contribution >= 0.6 is 15.9 Å². The summed E-state index contributed by atoms with van der Waals surface area (Å²) in [5.74, 6) is 1.64. The first-order valence-corrected chi connectivity index (χ1v) is 6.49. The third kappa shape index (κ3) is 2.29. The van der Waals surface area contributed by atoms with Crippen LogP contribution in [0.15, 0.2) is 46.9 Å². The number of fused-ring (bicyclic) bond motifs is 1. The fourth-order valence-electron chi connectivity index (χ4n) is 1.85. The Balaban J connectivity index is 1.72. The van der Waals surface area contributed by atoms with Crippen LogP contribution in [0.5, 0.6) is 11.5 Å². The summed E-state index contributed by atoms with van der Waals surface area (Å²) in [5.41, 5.74) is 2.24. The van der Waals surface area contributed by atoms with Crippen molar-refractivity contribution >= 4 is 21.6 Å². The van der Waals surface area contributed by atoms with Crippen LogP contribution in [0.25, 0.3) is 0 Å². The van der Waals surface area contributed by atoms with E-state index in [0.29, 0.717) is 6.79 Å². The van der Waals surface area contributed by atoms with E-state index in [1.807, 2.05) is 42.5 Å². The molecule has 0 saturated carbocycles. The summed E-state index contributed by atoms with van der Waals surface area (Å²) < 4.78 is 11.7. The Morgan fingerprint density at radius 2 is 1.89 bits per heavy atom. The van der Waals surface area contributed by atoms with E-state index in [1.165, 1.54) is 0 Å². The average molecular weight is 306 g/mol. The Kier molecular flexibility index (Phi) is 3.11. The third-order valence-corrected chi connectivity index (χ3v) is 3.49. The van der Waals surface area contributed by atoms with Crippen molar-refractivity contribution in [2.45, 2.75) is 6.54 Å². The van der Waals surface area contributed by atoms with Crippen molar-refractivity contribution in [2.24, 2.45) is 0 Å². The molecule has 0 radical (unpaired) electrons. The van der Waals surface area contributed by atoms with Gasteiger partial charge in [0, 0.05) is 16.7 Å². The summed E-state index contributed by atoms with van der Waals surface area (Å²) in [7, 11) is 0. The maximum atomic E-state index is 5.36. The van der Waals surface area contributed by atoms with Gasteiger partial charge >= 0.3 is 0 Å². The molecule has 18 heavy (non-hydrogen) atoms. The molecule has 1 heterocycles. The zero-order chi connectivity index (χ0) is 12.4. The number of halogens is 1. The van der Waals surface area contributed by atoms with Crippen LogP contribution in [-0.4, -0.2) is 6.79 Å². The number of hydrogen-bond acceptors (Lipinski definition) is 3. The highest BCUT2D eigenvalue weighted by molar-refractivity contribution is 9.10. The molecule has 92 valence electrons. The number of benzene rings is 2. The second kappa shape index (κ2) is 4.90. The molecule has 2 aromatic rings. The van der Waals surface area contributed by atoms with E-state index in [9.17, 15) is 0 Å². The smallest absolute Gasteiger partial charge is 0.231 e. The summed E-state index contributed by atoms with van der Waals surface area (Å²) in [4.78, 5) is 0. The first kappa shape index (κ1) is 11.4. The van der Waals surface area contributed by atoms with Gasteiger partial charge in [-0.25, -0.2) is 0 Å². The largest absolute Gasteiger partial charge is 0.454 e. The Bertz CT molecular complexity index is 571. The molecule has 0 bridgehead atoms. The van der Waals surface area contributed by atoms with Crippen molar-refractivity contribution < 1.29 is 9.47 Å². The second-order valence-electron chi connectivity index (χ2n) is 4.02. The monoisotopic (exact) mass is 305 g/mol. The van der Waals surface area contributed by atoms with Gasteiger partial charge in [-0.15, -0.1) is 0 Å². The topological polar surface area (TPSA) is 30.5 Å². The Morgan fingerprint density at radius 1 is 1.06 bits per heavy atom. The molecule has 0 atom stereocenters. The van der Waals surface area contributed by atoms with Gasteiger partial charge in [0.2, 0.25) is 6.79 Å². The van der Waals surface area contributed by atoms with E-state index in [-0.39, 0.29) is 0 Å². The normalized spacial score (nSPS) is 12.5. The molecule has 4 heteroatoms. The van der Waals surface area contributed by atoms with Gasteiger partial charge in [0.25, 0.3) is 0 Å². The average Bonchev–Trinajstić information content (AvgIpc) is 2.85. The number of rotatable bonds is 3. The first-order chi connectivity index (χ1) is 8.83. The molecule has 2 aromatic carbocycles. The number of para-hydroxylation sites is 1. The molecule has 0 aromatic heterocycles. The summed E-state index contributed by atoms with van der Waals surface area (Å²) >= 11 is 3.51. The van der Waals surface area contributed by atoms with Crippen LogP contribution in [0.2, 0.25) is 0 Å². The predicted molar refractivity (Wildman–Crippen MR) is 74.0 cm³/mol. The highest BCUT2D eigenvalue weighted by atomic mass is 79.9. The molecule has 0 unspecified atom stereocenters. The maximum absolute atomic E-state index is 5.36. The van der Waals surface area contributed by atoms with Crippen LogP contribution < -0.4 is 14.8 Å². The van der Waals surface area contributed by atoms with Crippen molar-refractivity contribution in [3.63, 3.8) is 0 Å². The molecular weight excluding hydrogens is 294 g/mol. The first-order valence-electron chi connectivity index (χ1n) is 5.70. The molecule has 3 rings (SSSR count). The van der Waals surface area contributed by atoms with Crippen LogP contribution in [0.3, 0.4) is 0 Å². The van der Waals surface area contributed by atoms with Crippen molar-refractivity contribution in [3.8, 4) is 11.5 Å². The van der Waals surface area contributed by atoms with Gasteiger partial charge in [0.05, 0.1) is 0 Å². The molecule has 0 aliphatic carbocycles. The highest BCUT2D eigenvalue weighted by Gasteiger charge is 2.12. The molecule has 1 aliphatic rings. The number of hydrogen-bond donors (Lipinski definition) is 1.